The van der Waals surface area contributed by atoms with Crippen LogP contribution in [-0.2, 0) is 16.0 Å². The second kappa shape index (κ2) is 9.99. The van der Waals surface area contributed by atoms with E-state index >= 15 is 0 Å². The van der Waals surface area contributed by atoms with Gasteiger partial charge in [-0.25, -0.2) is 9.59 Å². The third-order valence-electron chi connectivity index (χ3n) is 3.75. The minimum atomic E-state index is -1.01. The van der Waals surface area contributed by atoms with E-state index in [4.69, 9.17) is 9.84 Å². The number of benzene rings is 2. The van der Waals surface area contributed by atoms with Crippen LogP contribution in [-0.4, -0.2) is 23.7 Å². The normalized spacial score (nSPS) is 11.5. The molecule has 0 heterocycles. The highest BCUT2D eigenvalue weighted by molar-refractivity contribution is 5.92. The summed E-state index contributed by atoms with van der Waals surface area (Å²) in [5.74, 6) is -1.40. The highest BCUT2D eigenvalue weighted by Crippen LogP contribution is 2.20. The third kappa shape index (κ3) is 6.06. The summed E-state index contributed by atoms with van der Waals surface area (Å²) >= 11 is 0. The van der Waals surface area contributed by atoms with Gasteiger partial charge in [0.05, 0.1) is 12.2 Å². The molecule has 2 rings (SSSR count). The van der Waals surface area contributed by atoms with Crippen LogP contribution in [0.3, 0.4) is 0 Å². The van der Waals surface area contributed by atoms with E-state index in [9.17, 15) is 9.59 Å². The second-order valence-corrected chi connectivity index (χ2v) is 5.66. The van der Waals surface area contributed by atoms with Crippen molar-refractivity contribution in [1.29, 1.82) is 0 Å². The lowest BCUT2D eigenvalue weighted by Crippen LogP contribution is -2.04. The van der Waals surface area contributed by atoms with E-state index in [2.05, 4.69) is 12.1 Å². The fourth-order valence-corrected chi connectivity index (χ4v) is 2.52. The van der Waals surface area contributed by atoms with Gasteiger partial charge < -0.3 is 9.84 Å². The summed E-state index contributed by atoms with van der Waals surface area (Å²) in [5, 5.41) is 8.94. The number of rotatable bonds is 8. The van der Waals surface area contributed by atoms with Crippen molar-refractivity contribution >= 4 is 17.5 Å². The van der Waals surface area contributed by atoms with Gasteiger partial charge >= 0.3 is 11.9 Å². The molecule has 0 amide bonds. The first kappa shape index (κ1) is 19.2. The van der Waals surface area contributed by atoms with Gasteiger partial charge in [-0.05, 0) is 54.7 Å². The van der Waals surface area contributed by atoms with Gasteiger partial charge in [-0.2, -0.15) is 0 Å². The maximum absolute atomic E-state index is 11.9. The highest BCUT2D eigenvalue weighted by Gasteiger charge is 2.08. The molecule has 2 aromatic rings. The third-order valence-corrected chi connectivity index (χ3v) is 3.75. The SMILES string of the molecule is CCOC(=O)c1cccc(C(/C=C\C(=O)O)=C\CCc2ccccc2)c1. The molecule has 0 aliphatic heterocycles. The van der Waals surface area contributed by atoms with Crippen LogP contribution in [0.1, 0.15) is 34.8 Å². The standard InChI is InChI=1S/C22H22O4/c1-2-26-22(25)20-13-7-12-19(16-20)18(14-15-21(23)24)11-6-10-17-8-4-3-5-9-17/h3-5,7-9,11-16H,2,6,10H2,1H3,(H,23,24)/b15-14-,18-11-. The molecule has 0 unspecified atom stereocenters. The summed E-state index contributed by atoms with van der Waals surface area (Å²) < 4.78 is 5.03. The molecule has 0 aromatic heterocycles. The van der Waals surface area contributed by atoms with E-state index in [-0.39, 0.29) is 5.97 Å². The van der Waals surface area contributed by atoms with Gasteiger partial charge in [-0.15, -0.1) is 0 Å². The lowest BCUT2D eigenvalue weighted by Gasteiger charge is -2.07. The Kier molecular flexibility index (Phi) is 7.37. The minimum absolute atomic E-state index is 0.307. The van der Waals surface area contributed by atoms with Crippen LogP contribution in [0.15, 0.2) is 72.8 Å². The van der Waals surface area contributed by atoms with Gasteiger partial charge in [0.2, 0.25) is 0 Å². The van der Waals surface area contributed by atoms with Crippen LogP contribution in [0.2, 0.25) is 0 Å². The summed E-state index contributed by atoms with van der Waals surface area (Å²) in [4.78, 5) is 22.8. The van der Waals surface area contributed by atoms with Gasteiger partial charge in [0.15, 0.2) is 0 Å². The average Bonchev–Trinajstić information content (AvgIpc) is 2.65. The molecule has 0 aliphatic carbocycles. The van der Waals surface area contributed by atoms with E-state index in [0.717, 1.165) is 30.1 Å². The Labute approximate surface area is 153 Å². The zero-order valence-corrected chi connectivity index (χ0v) is 14.7. The molecule has 0 saturated heterocycles. The summed E-state index contributed by atoms with van der Waals surface area (Å²) in [7, 11) is 0. The molecule has 1 N–H and O–H groups in total. The van der Waals surface area contributed by atoms with Crippen LogP contribution >= 0.6 is 0 Å². The van der Waals surface area contributed by atoms with Crippen LogP contribution in [0, 0.1) is 0 Å². The predicted molar refractivity (Wildman–Crippen MR) is 102 cm³/mol. The molecule has 0 atom stereocenters. The lowest BCUT2D eigenvalue weighted by molar-refractivity contribution is -0.131. The summed E-state index contributed by atoms with van der Waals surface area (Å²) in [6, 6.07) is 17.1. The number of aryl methyl sites for hydroxylation is 1. The molecule has 4 nitrogen and oxygen atoms in total. The summed E-state index contributed by atoms with van der Waals surface area (Å²) in [5.41, 5.74) is 3.20. The first-order chi connectivity index (χ1) is 12.6. The first-order valence-electron chi connectivity index (χ1n) is 8.52. The number of hydrogen-bond donors (Lipinski definition) is 1. The lowest BCUT2D eigenvalue weighted by atomic mass is 10.00. The summed E-state index contributed by atoms with van der Waals surface area (Å²) in [6.45, 7) is 2.06. The van der Waals surface area contributed by atoms with Crippen molar-refractivity contribution in [3.8, 4) is 0 Å². The molecular formula is C22H22O4. The first-order valence-corrected chi connectivity index (χ1v) is 8.52. The molecule has 134 valence electrons. The molecule has 0 radical (unpaired) electrons. The van der Waals surface area contributed by atoms with E-state index < -0.39 is 5.97 Å². The largest absolute Gasteiger partial charge is 0.478 e. The smallest absolute Gasteiger partial charge is 0.338 e. The van der Waals surface area contributed by atoms with Crippen molar-refractivity contribution in [2.24, 2.45) is 0 Å². The Balaban J connectivity index is 2.23. The molecule has 26 heavy (non-hydrogen) atoms. The maximum Gasteiger partial charge on any atom is 0.338 e. The molecule has 2 aromatic carbocycles. The number of ether oxygens (including phenoxy) is 1. The Hall–Kier alpha value is -3.14. The van der Waals surface area contributed by atoms with Gasteiger partial charge in [0, 0.05) is 6.08 Å². The van der Waals surface area contributed by atoms with Crippen molar-refractivity contribution < 1.29 is 19.4 Å². The van der Waals surface area contributed by atoms with Crippen LogP contribution in [0.4, 0.5) is 0 Å². The van der Waals surface area contributed by atoms with Crippen molar-refractivity contribution in [1.82, 2.24) is 0 Å². The molecule has 4 heteroatoms. The molecule has 0 spiro atoms. The number of allylic oxidation sites excluding steroid dienone is 3. The topological polar surface area (TPSA) is 63.6 Å². The van der Waals surface area contributed by atoms with E-state index in [0.29, 0.717) is 12.2 Å². The number of aliphatic carboxylic acids is 1. The minimum Gasteiger partial charge on any atom is -0.478 e. The monoisotopic (exact) mass is 350 g/mol. The van der Waals surface area contributed by atoms with Gasteiger partial charge in [0.25, 0.3) is 0 Å². The van der Waals surface area contributed by atoms with Gasteiger partial charge in [0.1, 0.15) is 0 Å². The number of hydrogen-bond acceptors (Lipinski definition) is 3. The van der Waals surface area contributed by atoms with Crippen molar-refractivity contribution in [3.63, 3.8) is 0 Å². The van der Waals surface area contributed by atoms with Crippen molar-refractivity contribution in [2.75, 3.05) is 6.61 Å². The predicted octanol–water partition coefficient (Wildman–Crippen LogP) is 4.52. The average molecular weight is 350 g/mol. The number of carboxylic acids is 1. The molecule has 0 saturated carbocycles. The zero-order chi connectivity index (χ0) is 18.8. The number of carbonyl (C=O) groups excluding carboxylic acids is 1. The van der Waals surface area contributed by atoms with Crippen molar-refractivity contribution in [2.45, 2.75) is 19.8 Å². The fraction of sp³-hybridized carbons (Fsp3) is 0.182. The summed E-state index contributed by atoms with van der Waals surface area (Å²) in [6.07, 6.45) is 6.25. The van der Waals surface area contributed by atoms with Crippen LogP contribution in [0.5, 0.6) is 0 Å². The van der Waals surface area contributed by atoms with Crippen LogP contribution < -0.4 is 0 Å². The Morgan fingerprint density at radius 1 is 1.00 bits per heavy atom. The van der Waals surface area contributed by atoms with E-state index in [1.165, 1.54) is 5.56 Å². The van der Waals surface area contributed by atoms with E-state index in [1.54, 1.807) is 31.2 Å². The highest BCUT2D eigenvalue weighted by atomic mass is 16.5. The zero-order valence-electron chi connectivity index (χ0n) is 14.7. The Morgan fingerprint density at radius 3 is 2.42 bits per heavy atom. The number of carbonyl (C=O) groups is 2. The molecule has 0 bridgehead atoms. The molecular weight excluding hydrogens is 328 g/mol. The van der Waals surface area contributed by atoms with E-state index in [1.807, 2.05) is 30.3 Å². The van der Waals surface area contributed by atoms with Crippen LogP contribution in [0.25, 0.3) is 5.57 Å². The Bertz CT molecular complexity index is 804. The quantitative estimate of drug-likeness (QED) is 0.432. The molecule has 0 aliphatic rings. The number of carboxylic acid groups (broad SMARTS) is 1. The second-order valence-electron chi connectivity index (χ2n) is 5.66. The maximum atomic E-state index is 11.9. The van der Waals surface area contributed by atoms with Gasteiger partial charge in [-0.3, -0.25) is 0 Å². The van der Waals surface area contributed by atoms with Crippen molar-refractivity contribution in [3.05, 3.63) is 89.5 Å². The fourth-order valence-electron chi connectivity index (χ4n) is 2.52. The number of esters is 1. The van der Waals surface area contributed by atoms with Gasteiger partial charge in [-0.1, -0.05) is 48.5 Å². The Morgan fingerprint density at radius 2 is 1.73 bits per heavy atom. The molecule has 0 fully saturated rings.